The molecule has 21 heavy (non-hydrogen) atoms. The van der Waals surface area contributed by atoms with E-state index in [1.165, 1.54) is 4.90 Å². The molecular weight excluding hydrogens is 346 g/mol. The van der Waals surface area contributed by atoms with Crippen molar-refractivity contribution in [2.45, 2.75) is 17.7 Å². The van der Waals surface area contributed by atoms with E-state index in [0.717, 1.165) is 34.4 Å². The first-order chi connectivity index (χ1) is 10.2. The van der Waals surface area contributed by atoms with Crippen molar-refractivity contribution in [3.63, 3.8) is 0 Å². The zero-order valence-electron chi connectivity index (χ0n) is 11.6. The van der Waals surface area contributed by atoms with Crippen LogP contribution in [0.5, 0.6) is 0 Å². The Morgan fingerprint density at radius 3 is 2.71 bits per heavy atom. The summed E-state index contributed by atoms with van der Waals surface area (Å²) in [6.45, 7) is 0.805. The van der Waals surface area contributed by atoms with Crippen molar-refractivity contribution in [2.24, 2.45) is 0 Å². The molecule has 0 saturated carbocycles. The summed E-state index contributed by atoms with van der Waals surface area (Å²) >= 11 is 5.26. The van der Waals surface area contributed by atoms with E-state index in [4.69, 9.17) is 0 Å². The standard InChI is InChI=1S/C17H16BrNOS/c18-14-8-6-13(7-9-14)12-17(20)19-10-3-11-21-16-5-2-1-4-15(16)19/h1-2,4-9H,3,10-12H2. The number of halogens is 1. The molecule has 108 valence electrons. The molecule has 2 aromatic carbocycles. The SMILES string of the molecule is O=C(Cc1ccc(Br)cc1)N1CCCSc2ccccc21. The lowest BCUT2D eigenvalue weighted by Gasteiger charge is -2.22. The summed E-state index contributed by atoms with van der Waals surface area (Å²) in [6.07, 6.45) is 1.48. The van der Waals surface area contributed by atoms with Crippen LogP contribution in [0.25, 0.3) is 0 Å². The van der Waals surface area contributed by atoms with Gasteiger partial charge in [0.15, 0.2) is 0 Å². The lowest BCUT2D eigenvalue weighted by Crippen LogP contribution is -2.33. The van der Waals surface area contributed by atoms with Crippen molar-refractivity contribution in [3.8, 4) is 0 Å². The number of benzene rings is 2. The predicted molar refractivity (Wildman–Crippen MR) is 92.0 cm³/mol. The molecule has 0 fully saturated rings. The molecule has 2 nitrogen and oxygen atoms in total. The van der Waals surface area contributed by atoms with E-state index in [1.54, 1.807) is 0 Å². The average Bonchev–Trinajstić information content (AvgIpc) is 2.72. The molecule has 1 heterocycles. The van der Waals surface area contributed by atoms with Gasteiger partial charge in [0, 0.05) is 15.9 Å². The maximum absolute atomic E-state index is 12.7. The lowest BCUT2D eigenvalue weighted by atomic mass is 10.1. The number of fused-ring (bicyclic) bond motifs is 1. The zero-order chi connectivity index (χ0) is 14.7. The van der Waals surface area contributed by atoms with Crippen LogP contribution in [0.15, 0.2) is 57.9 Å². The fourth-order valence-corrected chi connectivity index (χ4v) is 3.72. The molecule has 0 unspecified atom stereocenters. The monoisotopic (exact) mass is 361 g/mol. The van der Waals surface area contributed by atoms with Crippen LogP contribution in [0.3, 0.4) is 0 Å². The van der Waals surface area contributed by atoms with Crippen LogP contribution in [0.4, 0.5) is 5.69 Å². The van der Waals surface area contributed by atoms with Gasteiger partial charge in [0.05, 0.1) is 12.1 Å². The third-order valence-electron chi connectivity index (χ3n) is 3.51. The van der Waals surface area contributed by atoms with E-state index in [0.29, 0.717) is 6.42 Å². The second-order valence-electron chi connectivity index (χ2n) is 5.02. The quantitative estimate of drug-likeness (QED) is 0.783. The Morgan fingerprint density at radius 1 is 1.14 bits per heavy atom. The van der Waals surface area contributed by atoms with Gasteiger partial charge in [-0.15, -0.1) is 11.8 Å². The van der Waals surface area contributed by atoms with Crippen molar-refractivity contribution in [3.05, 3.63) is 58.6 Å². The highest BCUT2D eigenvalue weighted by molar-refractivity contribution is 9.10. The van der Waals surface area contributed by atoms with Gasteiger partial charge in [-0.3, -0.25) is 4.79 Å². The molecule has 0 atom stereocenters. The van der Waals surface area contributed by atoms with E-state index in [9.17, 15) is 4.79 Å². The normalized spacial score (nSPS) is 14.4. The largest absolute Gasteiger partial charge is 0.311 e. The topological polar surface area (TPSA) is 20.3 Å². The van der Waals surface area contributed by atoms with Gasteiger partial charge in [-0.2, -0.15) is 0 Å². The summed E-state index contributed by atoms with van der Waals surface area (Å²) in [7, 11) is 0. The van der Waals surface area contributed by atoms with Gasteiger partial charge in [-0.05, 0) is 42.0 Å². The maximum Gasteiger partial charge on any atom is 0.231 e. The lowest BCUT2D eigenvalue weighted by molar-refractivity contribution is -0.118. The first-order valence-corrected chi connectivity index (χ1v) is 8.78. The van der Waals surface area contributed by atoms with Gasteiger partial charge in [-0.25, -0.2) is 0 Å². The van der Waals surface area contributed by atoms with Crippen LogP contribution in [-0.2, 0) is 11.2 Å². The number of para-hydroxylation sites is 1. The minimum atomic E-state index is 0.173. The number of hydrogen-bond acceptors (Lipinski definition) is 2. The summed E-state index contributed by atoms with van der Waals surface area (Å²) in [5.41, 5.74) is 2.11. The third kappa shape index (κ3) is 3.50. The van der Waals surface area contributed by atoms with E-state index in [2.05, 4.69) is 22.0 Å². The molecule has 0 aromatic heterocycles. The highest BCUT2D eigenvalue weighted by Gasteiger charge is 2.21. The molecule has 0 saturated heterocycles. The number of thioether (sulfide) groups is 1. The van der Waals surface area contributed by atoms with Crippen molar-refractivity contribution in [2.75, 3.05) is 17.2 Å². The second-order valence-corrected chi connectivity index (χ2v) is 7.07. The van der Waals surface area contributed by atoms with Crippen LogP contribution in [0, 0.1) is 0 Å². The summed E-state index contributed by atoms with van der Waals surface area (Å²) in [4.78, 5) is 15.8. The summed E-state index contributed by atoms with van der Waals surface area (Å²) in [5, 5.41) is 0. The number of carbonyl (C=O) groups excluding carboxylic acids is 1. The minimum absolute atomic E-state index is 0.173. The molecular formula is C17H16BrNOS. The Kier molecular flexibility index (Phi) is 4.66. The van der Waals surface area contributed by atoms with Crippen LogP contribution < -0.4 is 4.90 Å². The fraction of sp³-hybridized carbons (Fsp3) is 0.235. The van der Waals surface area contributed by atoms with Gasteiger partial charge in [0.2, 0.25) is 5.91 Å². The van der Waals surface area contributed by atoms with E-state index < -0.39 is 0 Å². The molecule has 0 bridgehead atoms. The molecule has 1 aliphatic rings. The second kappa shape index (κ2) is 6.67. The number of anilines is 1. The molecule has 0 N–H and O–H groups in total. The molecule has 3 rings (SSSR count). The maximum atomic E-state index is 12.7. The van der Waals surface area contributed by atoms with Gasteiger partial charge in [0.1, 0.15) is 0 Å². The van der Waals surface area contributed by atoms with Crippen LogP contribution >= 0.6 is 27.7 Å². The minimum Gasteiger partial charge on any atom is -0.311 e. The smallest absolute Gasteiger partial charge is 0.231 e. The number of rotatable bonds is 2. The summed E-state index contributed by atoms with van der Waals surface area (Å²) < 4.78 is 1.04. The third-order valence-corrected chi connectivity index (χ3v) is 5.19. The van der Waals surface area contributed by atoms with E-state index in [1.807, 2.05) is 59.1 Å². The molecule has 0 radical (unpaired) electrons. The van der Waals surface area contributed by atoms with E-state index in [-0.39, 0.29) is 5.91 Å². The van der Waals surface area contributed by atoms with Gasteiger partial charge in [0.25, 0.3) is 0 Å². The summed E-state index contributed by atoms with van der Waals surface area (Å²) in [6, 6.07) is 16.2. The predicted octanol–water partition coefficient (Wildman–Crippen LogP) is 4.52. The first kappa shape index (κ1) is 14.7. The molecule has 1 aliphatic heterocycles. The molecule has 2 aromatic rings. The molecule has 4 heteroatoms. The van der Waals surface area contributed by atoms with Crippen LogP contribution in [0.2, 0.25) is 0 Å². The van der Waals surface area contributed by atoms with Crippen molar-refractivity contribution in [1.82, 2.24) is 0 Å². The number of amides is 1. The van der Waals surface area contributed by atoms with Crippen molar-refractivity contribution in [1.29, 1.82) is 0 Å². The van der Waals surface area contributed by atoms with Gasteiger partial charge in [-0.1, -0.05) is 40.2 Å². The highest BCUT2D eigenvalue weighted by Crippen LogP contribution is 2.33. The molecule has 0 spiro atoms. The average molecular weight is 362 g/mol. The number of carbonyl (C=O) groups is 1. The summed E-state index contributed by atoms with van der Waals surface area (Å²) in [5.74, 6) is 1.24. The van der Waals surface area contributed by atoms with Crippen molar-refractivity contribution >= 4 is 39.3 Å². The molecule has 0 aliphatic carbocycles. The zero-order valence-corrected chi connectivity index (χ0v) is 14.0. The molecule has 1 amide bonds. The van der Waals surface area contributed by atoms with Crippen molar-refractivity contribution < 1.29 is 4.79 Å². The Morgan fingerprint density at radius 2 is 1.90 bits per heavy atom. The van der Waals surface area contributed by atoms with Gasteiger partial charge >= 0.3 is 0 Å². The first-order valence-electron chi connectivity index (χ1n) is 7.01. The van der Waals surface area contributed by atoms with E-state index >= 15 is 0 Å². The fourth-order valence-electron chi connectivity index (χ4n) is 2.46. The Balaban J connectivity index is 1.82. The Labute approximate surface area is 137 Å². The number of nitrogens with zero attached hydrogens (tertiary/aromatic N) is 1. The highest BCUT2D eigenvalue weighted by atomic mass is 79.9. The number of hydrogen-bond donors (Lipinski definition) is 0. The van der Waals surface area contributed by atoms with Crippen LogP contribution in [-0.4, -0.2) is 18.2 Å². The van der Waals surface area contributed by atoms with Gasteiger partial charge < -0.3 is 4.90 Å². The Bertz CT molecular complexity index is 641. The Hall–Kier alpha value is -1.26. The van der Waals surface area contributed by atoms with Crippen LogP contribution in [0.1, 0.15) is 12.0 Å².